The summed E-state index contributed by atoms with van der Waals surface area (Å²) in [5.74, 6) is 0. The first-order chi connectivity index (χ1) is 11.0. The summed E-state index contributed by atoms with van der Waals surface area (Å²) in [6.07, 6.45) is 5.41. The van der Waals surface area contributed by atoms with Crippen molar-refractivity contribution in [1.82, 2.24) is 9.88 Å². The molecule has 1 aromatic heterocycles. The first kappa shape index (κ1) is 17.3. The molecular weight excluding hydrogens is 310 g/mol. The number of aryl methyl sites for hydroxylation is 2. The van der Waals surface area contributed by atoms with Crippen molar-refractivity contribution in [3.05, 3.63) is 48.3 Å². The van der Waals surface area contributed by atoms with Gasteiger partial charge < -0.3 is 15.2 Å². The number of amides is 2. The summed E-state index contributed by atoms with van der Waals surface area (Å²) in [5, 5.41) is 5.71. The first-order valence-corrected chi connectivity index (χ1v) is 9.12. The summed E-state index contributed by atoms with van der Waals surface area (Å²) < 4.78 is 13.6. The van der Waals surface area contributed by atoms with Crippen LogP contribution in [0.4, 0.5) is 10.5 Å². The van der Waals surface area contributed by atoms with Gasteiger partial charge in [0.2, 0.25) is 0 Å². The van der Waals surface area contributed by atoms with Crippen molar-refractivity contribution in [1.29, 1.82) is 0 Å². The Morgan fingerprint density at radius 1 is 1.30 bits per heavy atom. The Bertz CT molecular complexity index is 697. The van der Waals surface area contributed by atoms with Crippen molar-refractivity contribution in [2.24, 2.45) is 7.05 Å². The van der Waals surface area contributed by atoms with Gasteiger partial charge in [0.05, 0.1) is 0 Å². The van der Waals surface area contributed by atoms with E-state index in [1.165, 1.54) is 5.69 Å². The summed E-state index contributed by atoms with van der Waals surface area (Å²) in [4.78, 5) is 12.7. The molecule has 2 N–H and O–H groups in total. The van der Waals surface area contributed by atoms with Gasteiger partial charge in [-0.2, -0.15) is 0 Å². The van der Waals surface area contributed by atoms with Crippen molar-refractivity contribution in [2.45, 2.75) is 30.7 Å². The molecule has 0 saturated carbocycles. The minimum Gasteiger partial charge on any atom is -0.354 e. The number of anilines is 1. The van der Waals surface area contributed by atoms with Crippen molar-refractivity contribution < 1.29 is 9.00 Å². The van der Waals surface area contributed by atoms with E-state index in [1.54, 1.807) is 30.5 Å². The van der Waals surface area contributed by atoms with Gasteiger partial charge in [0.15, 0.2) is 0 Å². The predicted molar refractivity (Wildman–Crippen MR) is 94.1 cm³/mol. The van der Waals surface area contributed by atoms with Gasteiger partial charge in [0.1, 0.15) is 0 Å². The highest BCUT2D eigenvalue weighted by Gasteiger charge is 2.09. The van der Waals surface area contributed by atoms with Crippen LogP contribution in [0.5, 0.6) is 0 Å². The number of nitrogens with one attached hydrogen (secondary N) is 2. The first-order valence-electron chi connectivity index (χ1n) is 7.57. The maximum Gasteiger partial charge on any atom is 0.319 e. The molecule has 5 nitrogen and oxygen atoms in total. The molecule has 124 valence electrons. The molecule has 0 fully saturated rings. The van der Waals surface area contributed by atoms with Crippen LogP contribution in [0.15, 0.2) is 47.5 Å². The Labute approximate surface area is 139 Å². The standard InChI is InChI=1S/C17H23N3O2S/c1-13(9-10-15-7-5-11-20(15)2)18-17(21)19-14-6-4-8-16(12-14)23(3)22/h4-8,11-13H,9-10H2,1-3H3,(H2,18,19,21)/t13-,23-/m1/s1. The van der Waals surface area contributed by atoms with Crippen LogP contribution < -0.4 is 10.6 Å². The highest BCUT2D eigenvalue weighted by atomic mass is 32.2. The summed E-state index contributed by atoms with van der Waals surface area (Å²) in [5.41, 5.74) is 1.89. The SMILES string of the molecule is C[C@H](CCc1cccn1C)NC(=O)Nc1cccc([S@@](C)=O)c1. The number of nitrogens with zero attached hydrogens (tertiary/aromatic N) is 1. The Kier molecular flexibility index (Phi) is 5.98. The van der Waals surface area contributed by atoms with Crippen molar-refractivity contribution in [3.63, 3.8) is 0 Å². The second kappa shape index (κ2) is 7.97. The smallest absolute Gasteiger partial charge is 0.319 e. The molecule has 0 aliphatic carbocycles. The molecule has 2 amide bonds. The van der Waals surface area contributed by atoms with Gasteiger partial charge in [-0.3, -0.25) is 4.21 Å². The average molecular weight is 333 g/mol. The summed E-state index contributed by atoms with van der Waals surface area (Å²) in [6.45, 7) is 1.99. The van der Waals surface area contributed by atoms with Gasteiger partial charge in [-0.15, -0.1) is 0 Å². The summed E-state index contributed by atoms with van der Waals surface area (Å²) in [7, 11) is 0.957. The second-order valence-electron chi connectivity index (χ2n) is 5.63. The summed E-state index contributed by atoms with van der Waals surface area (Å²) in [6, 6.07) is 11.0. The number of hydrogen-bond donors (Lipinski definition) is 2. The van der Waals surface area contributed by atoms with E-state index in [4.69, 9.17) is 0 Å². The van der Waals surface area contributed by atoms with Crippen molar-refractivity contribution in [2.75, 3.05) is 11.6 Å². The number of hydrogen-bond acceptors (Lipinski definition) is 2. The van der Waals surface area contributed by atoms with E-state index in [0.717, 1.165) is 12.8 Å². The molecule has 23 heavy (non-hydrogen) atoms. The van der Waals surface area contributed by atoms with E-state index in [1.807, 2.05) is 26.2 Å². The number of carbonyl (C=O) groups is 1. The lowest BCUT2D eigenvalue weighted by Gasteiger charge is -2.15. The molecule has 2 atom stereocenters. The largest absolute Gasteiger partial charge is 0.354 e. The van der Waals surface area contributed by atoms with E-state index in [2.05, 4.69) is 21.3 Å². The molecule has 1 heterocycles. The lowest BCUT2D eigenvalue weighted by molar-refractivity contribution is 0.248. The second-order valence-corrected chi connectivity index (χ2v) is 7.01. The molecule has 6 heteroatoms. The van der Waals surface area contributed by atoms with Crippen LogP contribution in [0.1, 0.15) is 19.0 Å². The average Bonchev–Trinajstić information content (AvgIpc) is 2.90. The minimum absolute atomic E-state index is 0.0633. The molecule has 0 spiro atoms. The van der Waals surface area contributed by atoms with Gasteiger partial charge in [-0.25, -0.2) is 4.79 Å². The Balaban J connectivity index is 1.83. The third kappa shape index (κ3) is 5.25. The maximum absolute atomic E-state index is 12.0. The fourth-order valence-corrected chi connectivity index (χ4v) is 2.90. The third-order valence-corrected chi connectivity index (χ3v) is 4.60. The van der Waals surface area contributed by atoms with Crippen molar-refractivity contribution >= 4 is 22.5 Å². The predicted octanol–water partition coefficient (Wildman–Crippen LogP) is 2.91. The van der Waals surface area contributed by atoms with Crippen molar-refractivity contribution in [3.8, 4) is 0 Å². The zero-order chi connectivity index (χ0) is 16.8. The van der Waals surface area contributed by atoms with Gasteiger partial charge in [0.25, 0.3) is 0 Å². The quantitative estimate of drug-likeness (QED) is 0.854. The zero-order valence-electron chi connectivity index (χ0n) is 13.7. The molecule has 0 unspecified atom stereocenters. The normalized spacial score (nSPS) is 13.3. The van der Waals surface area contributed by atoms with E-state index in [-0.39, 0.29) is 12.1 Å². The molecule has 0 radical (unpaired) electrons. The van der Waals surface area contributed by atoms with Crippen LogP contribution in [0.2, 0.25) is 0 Å². The Morgan fingerprint density at radius 3 is 2.74 bits per heavy atom. The number of carbonyl (C=O) groups excluding carboxylic acids is 1. The van der Waals surface area contributed by atoms with Gasteiger partial charge in [-0.05, 0) is 50.1 Å². The molecule has 2 aromatic rings. The van der Waals surface area contributed by atoms with Crippen LogP contribution in [0.3, 0.4) is 0 Å². The van der Waals surface area contributed by atoms with Gasteiger partial charge >= 0.3 is 6.03 Å². The monoisotopic (exact) mass is 333 g/mol. The highest BCUT2D eigenvalue weighted by Crippen LogP contribution is 2.13. The minimum atomic E-state index is -1.06. The van der Waals surface area contributed by atoms with Crippen LogP contribution in [0, 0.1) is 0 Å². The topological polar surface area (TPSA) is 63.1 Å². The number of urea groups is 1. The highest BCUT2D eigenvalue weighted by molar-refractivity contribution is 7.84. The zero-order valence-corrected chi connectivity index (χ0v) is 14.5. The molecule has 0 aliphatic heterocycles. The number of aromatic nitrogens is 1. The Hall–Kier alpha value is -2.08. The molecule has 2 rings (SSSR count). The number of benzene rings is 1. The fraction of sp³-hybridized carbons (Fsp3) is 0.353. The van der Waals surface area contributed by atoms with Crippen LogP contribution in [-0.4, -0.2) is 27.1 Å². The molecule has 0 saturated heterocycles. The molecular formula is C17H23N3O2S. The van der Waals surface area contributed by atoms with Crippen LogP contribution >= 0.6 is 0 Å². The van der Waals surface area contributed by atoms with E-state index < -0.39 is 10.8 Å². The van der Waals surface area contributed by atoms with E-state index in [9.17, 15) is 9.00 Å². The van der Waals surface area contributed by atoms with Crippen LogP contribution in [0.25, 0.3) is 0 Å². The molecule has 1 aromatic carbocycles. The third-order valence-electron chi connectivity index (χ3n) is 3.69. The van der Waals surface area contributed by atoms with E-state index >= 15 is 0 Å². The Morgan fingerprint density at radius 2 is 2.09 bits per heavy atom. The van der Waals surface area contributed by atoms with Crippen LogP contribution in [-0.2, 0) is 24.3 Å². The lowest BCUT2D eigenvalue weighted by atomic mass is 10.1. The fourth-order valence-electron chi connectivity index (χ4n) is 2.34. The molecule has 0 aliphatic rings. The lowest BCUT2D eigenvalue weighted by Crippen LogP contribution is -2.36. The maximum atomic E-state index is 12.0. The van der Waals surface area contributed by atoms with Gasteiger partial charge in [-0.1, -0.05) is 6.07 Å². The van der Waals surface area contributed by atoms with E-state index in [0.29, 0.717) is 10.6 Å². The number of rotatable bonds is 6. The summed E-state index contributed by atoms with van der Waals surface area (Å²) >= 11 is 0. The van der Waals surface area contributed by atoms with Gasteiger partial charge in [0, 0.05) is 52.6 Å². The molecule has 0 bridgehead atoms.